The van der Waals surface area contributed by atoms with Gasteiger partial charge in [0.2, 0.25) is 5.88 Å². The molecule has 1 fully saturated rings. The number of carbonyl (C=O) groups is 1. The van der Waals surface area contributed by atoms with Crippen molar-refractivity contribution in [2.24, 2.45) is 0 Å². The van der Waals surface area contributed by atoms with Crippen molar-refractivity contribution in [3.05, 3.63) is 58.3 Å². The van der Waals surface area contributed by atoms with Crippen molar-refractivity contribution in [1.29, 1.82) is 0 Å². The highest BCUT2D eigenvalue weighted by Gasteiger charge is 2.32. The summed E-state index contributed by atoms with van der Waals surface area (Å²) in [7, 11) is 0. The number of hydrogen-bond donors (Lipinski definition) is 2. The predicted octanol–water partition coefficient (Wildman–Crippen LogP) is 3.07. The summed E-state index contributed by atoms with van der Waals surface area (Å²) < 4.78 is 5.29. The molecule has 1 unspecified atom stereocenters. The van der Waals surface area contributed by atoms with Crippen LogP contribution >= 0.6 is 11.3 Å². The van der Waals surface area contributed by atoms with E-state index in [1.54, 1.807) is 17.4 Å². The highest BCUT2D eigenvalue weighted by molar-refractivity contribution is 7.10. The molecule has 3 aromatic rings. The Morgan fingerprint density at radius 2 is 2.19 bits per heavy atom. The first-order chi connectivity index (χ1) is 12.7. The van der Waals surface area contributed by atoms with Crippen LogP contribution in [0.1, 0.15) is 29.3 Å². The summed E-state index contributed by atoms with van der Waals surface area (Å²) >= 11 is 1.78. The van der Waals surface area contributed by atoms with Crippen molar-refractivity contribution in [1.82, 2.24) is 5.16 Å². The zero-order valence-electron chi connectivity index (χ0n) is 14.7. The average Bonchev–Trinajstić information content (AvgIpc) is 3.36. The van der Waals surface area contributed by atoms with Crippen LogP contribution < -0.4 is 10.2 Å². The van der Waals surface area contributed by atoms with Gasteiger partial charge in [0, 0.05) is 24.5 Å². The number of carbonyl (C=O) groups excluding carboxylic acids is 1. The number of aryl methyl sites for hydroxylation is 1. The maximum atomic E-state index is 12.5. The lowest BCUT2D eigenvalue weighted by Gasteiger charge is -2.19. The molecule has 134 valence electrons. The number of aromatic nitrogens is 1. The number of likely N-dealkylation sites (tertiary alicyclic amines) is 1. The summed E-state index contributed by atoms with van der Waals surface area (Å²) in [6.07, 6.45) is 2.30. The van der Waals surface area contributed by atoms with Crippen LogP contribution in [-0.4, -0.2) is 24.2 Å². The van der Waals surface area contributed by atoms with E-state index in [1.165, 1.54) is 15.3 Å². The number of hydrogen-bond acceptors (Lipinski definition) is 4. The Hall–Kier alpha value is -2.44. The van der Waals surface area contributed by atoms with Crippen molar-refractivity contribution in [2.75, 3.05) is 18.4 Å². The Morgan fingerprint density at radius 1 is 1.35 bits per heavy atom. The Kier molecular flexibility index (Phi) is 4.86. The van der Waals surface area contributed by atoms with Gasteiger partial charge in [-0.3, -0.25) is 10.1 Å². The van der Waals surface area contributed by atoms with E-state index in [0.717, 1.165) is 30.6 Å². The maximum Gasteiger partial charge on any atom is 0.281 e. The van der Waals surface area contributed by atoms with Gasteiger partial charge in [0.15, 0.2) is 6.54 Å². The topological polar surface area (TPSA) is 59.6 Å². The van der Waals surface area contributed by atoms with Gasteiger partial charge in [-0.1, -0.05) is 41.1 Å². The number of nitrogens with one attached hydrogen (secondary N) is 2. The standard InChI is InChI=1S/C20H21N3O2S/c1-14-6-8-15(9-7-14)16-12-20(25-22-16)21-19(24)13-23-10-2-4-17(23)18-5-3-11-26-18/h3,5-9,11-12,17H,2,4,10,13H2,1H3,(H,21,24)/p+1/t17-/m1/s1. The zero-order chi connectivity index (χ0) is 17.9. The molecule has 1 amide bonds. The number of anilines is 1. The third kappa shape index (κ3) is 3.71. The van der Waals surface area contributed by atoms with Gasteiger partial charge in [-0.15, -0.1) is 11.3 Å². The molecule has 3 heterocycles. The number of nitrogens with zero attached hydrogens (tertiary/aromatic N) is 1. The summed E-state index contributed by atoms with van der Waals surface area (Å²) in [6.45, 7) is 3.52. The molecule has 0 radical (unpaired) electrons. The Labute approximate surface area is 156 Å². The molecule has 2 atom stereocenters. The fraction of sp³-hybridized carbons (Fsp3) is 0.300. The van der Waals surface area contributed by atoms with E-state index in [4.69, 9.17) is 4.52 Å². The number of amides is 1. The van der Waals surface area contributed by atoms with Crippen molar-refractivity contribution >= 4 is 23.1 Å². The van der Waals surface area contributed by atoms with Crippen LogP contribution in [0.3, 0.4) is 0 Å². The zero-order valence-corrected chi connectivity index (χ0v) is 15.5. The van der Waals surface area contributed by atoms with Crippen molar-refractivity contribution in [2.45, 2.75) is 25.8 Å². The molecular weight excluding hydrogens is 346 g/mol. The lowest BCUT2D eigenvalue weighted by Crippen LogP contribution is -3.11. The van der Waals surface area contributed by atoms with Crippen molar-refractivity contribution in [3.63, 3.8) is 0 Å². The van der Waals surface area contributed by atoms with E-state index >= 15 is 0 Å². The molecule has 1 aliphatic heterocycles. The molecule has 26 heavy (non-hydrogen) atoms. The largest absolute Gasteiger partial charge is 0.338 e. The molecule has 0 saturated carbocycles. The molecule has 6 heteroatoms. The van der Waals surface area contributed by atoms with Crippen LogP contribution in [0.5, 0.6) is 0 Å². The molecule has 1 aromatic carbocycles. The number of thiophene rings is 1. The smallest absolute Gasteiger partial charge is 0.281 e. The molecule has 0 aliphatic carbocycles. The lowest BCUT2D eigenvalue weighted by atomic mass is 10.1. The minimum atomic E-state index is -0.0323. The van der Waals surface area contributed by atoms with E-state index in [2.05, 4.69) is 28.0 Å². The third-order valence-corrected chi connectivity index (χ3v) is 5.86. The summed E-state index contributed by atoms with van der Waals surface area (Å²) in [4.78, 5) is 15.1. The van der Waals surface area contributed by atoms with Crippen LogP contribution in [0.2, 0.25) is 0 Å². The van der Waals surface area contributed by atoms with Crippen LogP contribution in [0.15, 0.2) is 52.4 Å². The minimum absolute atomic E-state index is 0.0323. The number of quaternary nitrogens is 1. The number of benzene rings is 1. The molecular formula is C20H22N3O2S+. The Morgan fingerprint density at radius 3 is 2.96 bits per heavy atom. The Bertz CT molecular complexity index is 871. The molecule has 1 aliphatic rings. The predicted molar refractivity (Wildman–Crippen MR) is 102 cm³/mol. The van der Waals surface area contributed by atoms with Gasteiger partial charge in [0.05, 0.1) is 11.4 Å². The van der Waals surface area contributed by atoms with Gasteiger partial charge < -0.3 is 9.42 Å². The van der Waals surface area contributed by atoms with Gasteiger partial charge in [-0.05, 0) is 18.4 Å². The van der Waals surface area contributed by atoms with E-state index < -0.39 is 0 Å². The monoisotopic (exact) mass is 368 g/mol. The first-order valence-corrected chi connectivity index (χ1v) is 9.78. The summed E-state index contributed by atoms with van der Waals surface area (Å²) in [5, 5.41) is 9.02. The first-order valence-electron chi connectivity index (χ1n) is 8.90. The fourth-order valence-corrected chi connectivity index (χ4v) is 4.46. The summed E-state index contributed by atoms with van der Waals surface area (Å²) in [6, 6.07) is 14.5. The number of rotatable bonds is 5. The van der Waals surface area contributed by atoms with Gasteiger partial charge >= 0.3 is 0 Å². The SMILES string of the molecule is Cc1ccc(-c2cc(NC(=O)C[NH+]3CCC[C@@H]3c3cccs3)on2)cc1. The average molecular weight is 368 g/mol. The highest BCUT2D eigenvalue weighted by Crippen LogP contribution is 2.24. The molecule has 1 saturated heterocycles. The van der Waals surface area contributed by atoms with Crippen molar-refractivity contribution < 1.29 is 14.2 Å². The summed E-state index contributed by atoms with van der Waals surface area (Å²) in [5.74, 6) is 0.368. The van der Waals surface area contributed by atoms with Crippen LogP contribution in [0.4, 0.5) is 5.88 Å². The maximum absolute atomic E-state index is 12.5. The van der Waals surface area contributed by atoms with Crippen LogP contribution in [-0.2, 0) is 4.79 Å². The molecule has 4 rings (SSSR count). The minimum Gasteiger partial charge on any atom is -0.338 e. The molecule has 2 aromatic heterocycles. The quantitative estimate of drug-likeness (QED) is 0.728. The second-order valence-corrected chi connectivity index (χ2v) is 7.77. The fourth-order valence-electron chi connectivity index (χ4n) is 3.54. The summed E-state index contributed by atoms with van der Waals surface area (Å²) in [5.41, 5.74) is 2.90. The Balaban J connectivity index is 1.38. The molecule has 0 bridgehead atoms. The molecule has 5 nitrogen and oxygen atoms in total. The van der Waals surface area contributed by atoms with Gasteiger partial charge in [0.1, 0.15) is 11.7 Å². The van der Waals surface area contributed by atoms with Gasteiger partial charge in [0.25, 0.3) is 5.91 Å². The molecule has 0 spiro atoms. The normalized spacial score (nSPS) is 19.6. The second-order valence-electron chi connectivity index (χ2n) is 6.79. The van der Waals surface area contributed by atoms with Gasteiger partial charge in [-0.25, -0.2) is 0 Å². The first kappa shape index (κ1) is 17.0. The van der Waals surface area contributed by atoms with Crippen molar-refractivity contribution in [3.8, 4) is 11.3 Å². The van der Waals surface area contributed by atoms with Gasteiger partial charge in [-0.2, -0.15) is 0 Å². The van der Waals surface area contributed by atoms with E-state index in [0.29, 0.717) is 18.5 Å². The van der Waals surface area contributed by atoms with E-state index in [9.17, 15) is 4.79 Å². The van der Waals surface area contributed by atoms with E-state index in [-0.39, 0.29) is 5.91 Å². The lowest BCUT2D eigenvalue weighted by molar-refractivity contribution is -0.910. The second kappa shape index (κ2) is 7.43. The highest BCUT2D eigenvalue weighted by atomic mass is 32.1. The molecule has 2 N–H and O–H groups in total. The van der Waals surface area contributed by atoms with E-state index in [1.807, 2.05) is 31.2 Å². The van der Waals surface area contributed by atoms with Crippen LogP contribution in [0.25, 0.3) is 11.3 Å². The third-order valence-electron chi connectivity index (χ3n) is 4.88. The van der Waals surface area contributed by atoms with Crippen LogP contribution in [0, 0.1) is 6.92 Å².